The molecule has 1 aromatic rings. The third kappa shape index (κ3) is 5.93. The molecule has 0 spiro atoms. The van der Waals surface area contributed by atoms with E-state index in [4.69, 9.17) is 5.73 Å². The number of nitrogens with two attached hydrogens (primary N) is 1. The molecule has 1 amide bonds. The molecule has 0 atom stereocenters. The maximum Gasteiger partial charge on any atom is 0.220 e. The summed E-state index contributed by atoms with van der Waals surface area (Å²) >= 11 is 0. The lowest BCUT2D eigenvalue weighted by molar-refractivity contribution is -0.123. The van der Waals surface area contributed by atoms with Gasteiger partial charge in [0.2, 0.25) is 5.91 Å². The van der Waals surface area contributed by atoms with Gasteiger partial charge in [-0.25, -0.2) is 0 Å². The highest BCUT2D eigenvalue weighted by Gasteiger charge is 2.25. The molecule has 0 aliphatic carbocycles. The number of aryl methyl sites for hydroxylation is 1. The normalized spacial score (nSPS) is 10.8. The lowest BCUT2D eigenvalue weighted by Crippen LogP contribution is -2.52. The molecular formula is C16H27ClN2O. The van der Waals surface area contributed by atoms with E-state index in [1.165, 1.54) is 5.56 Å². The highest BCUT2D eigenvalue weighted by molar-refractivity contribution is 5.85. The number of amides is 1. The highest BCUT2D eigenvalue weighted by atomic mass is 35.5. The molecule has 0 aromatic heterocycles. The second-order valence-electron chi connectivity index (χ2n) is 5.08. The quantitative estimate of drug-likeness (QED) is 0.775. The van der Waals surface area contributed by atoms with Crippen molar-refractivity contribution in [2.24, 2.45) is 5.73 Å². The number of nitrogens with one attached hydrogen (secondary N) is 1. The van der Waals surface area contributed by atoms with Crippen LogP contribution in [0.5, 0.6) is 0 Å². The fourth-order valence-corrected chi connectivity index (χ4v) is 2.22. The van der Waals surface area contributed by atoms with Crippen LogP contribution >= 0.6 is 12.4 Å². The van der Waals surface area contributed by atoms with Crippen LogP contribution in [0.15, 0.2) is 30.3 Å². The predicted octanol–water partition coefficient (Wildman–Crippen LogP) is 3.06. The second-order valence-corrected chi connectivity index (χ2v) is 5.08. The van der Waals surface area contributed by atoms with E-state index in [0.717, 1.165) is 25.7 Å². The Hall–Kier alpha value is -1.06. The van der Waals surface area contributed by atoms with Gasteiger partial charge in [-0.15, -0.1) is 12.4 Å². The van der Waals surface area contributed by atoms with Crippen molar-refractivity contribution in [1.82, 2.24) is 5.32 Å². The molecule has 0 aliphatic rings. The molecule has 4 heteroatoms. The number of hydrogen-bond donors (Lipinski definition) is 2. The van der Waals surface area contributed by atoms with Gasteiger partial charge < -0.3 is 11.1 Å². The smallest absolute Gasteiger partial charge is 0.220 e. The Kier molecular flexibility index (Phi) is 9.26. The van der Waals surface area contributed by atoms with E-state index in [-0.39, 0.29) is 23.9 Å². The third-order valence-corrected chi connectivity index (χ3v) is 3.86. The van der Waals surface area contributed by atoms with Crippen LogP contribution in [0, 0.1) is 0 Å². The average Bonchev–Trinajstić information content (AvgIpc) is 2.46. The van der Waals surface area contributed by atoms with E-state index in [1.807, 2.05) is 18.2 Å². The molecule has 0 fully saturated rings. The summed E-state index contributed by atoms with van der Waals surface area (Å²) in [4.78, 5) is 12.0. The minimum atomic E-state index is -0.218. The molecule has 0 aliphatic heterocycles. The molecule has 3 N–H and O–H groups in total. The van der Waals surface area contributed by atoms with Gasteiger partial charge in [0, 0.05) is 13.0 Å². The Morgan fingerprint density at radius 1 is 1.20 bits per heavy atom. The van der Waals surface area contributed by atoms with E-state index in [2.05, 4.69) is 31.3 Å². The van der Waals surface area contributed by atoms with Gasteiger partial charge in [0.25, 0.3) is 0 Å². The Morgan fingerprint density at radius 3 is 2.30 bits per heavy atom. The van der Waals surface area contributed by atoms with Gasteiger partial charge in [-0.05, 0) is 31.2 Å². The van der Waals surface area contributed by atoms with Crippen molar-refractivity contribution in [2.45, 2.75) is 51.5 Å². The number of hydrogen-bond acceptors (Lipinski definition) is 2. The molecule has 0 bridgehead atoms. The molecule has 0 saturated heterocycles. The van der Waals surface area contributed by atoms with E-state index < -0.39 is 0 Å². The Morgan fingerprint density at radius 2 is 1.80 bits per heavy atom. The summed E-state index contributed by atoms with van der Waals surface area (Å²) in [6, 6.07) is 10.3. The van der Waals surface area contributed by atoms with Crippen LogP contribution in [0.25, 0.3) is 0 Å². The first-order chi connectivity index (χ1) is 9.15. The Labute approximate surface area is 128 Å². The summed E-state index contributed by atoms with van der Waals surface area (Å²) in [5.74, 6) is 0.116. The Balaban J connectivity index is 0.00000361. The predicted molar refractivity (Wildman–Crippen MR) is 87.1 cm³/mol. The summed E-state index contributed by atoms with van der Waals surface area (Å²) in [5, 5.41) is 3.10. The summed E-state index contributed by atoms with van der Waals surface area (Å²) < 4.78 is 0. The van der Waals surface area contributed by atoms with Gasteiger partial charge in [-0.3, -0.25) is 4.79 Å². The summed E-state index contributed by atoms with van der Waals surface area (Å²) in [7, 11) is 0. The van der Waals surface area contributed by atoms with Crippen molar-refractivity contribution >= 4 is 18.3 Å². The van der Waals surface area contributed by atoms with Crippen molar-refractivity contribution in [2.75, 3.05) is 6.54 Å². The van der Waals surface area contributed by atoms with Gasteiger partial charge in [0.1, 0.15) is 0 Å². The minimum Gasteiger partial charge on any atom is -0.349 e. The number of rotatable bonds is 8. The van der Waals surface area contributed by atoms with E-state index in [9.17, 15) is 4.79 Å². The largest absolute Gasteiger partial charge is 0.349 e. The lowest BCUT2D eigenvalue weighted by Gasteiger charge is -2.31. The molecule has 1 aromatic carbocycles. The monoisotopic (exact) mass is 298 g/mol. The van der Waals surface area contributed by atoms with Crippen molar-refractivity contribution in [3.05, 3.63) is 35.9 Å². The van der Waals surface area contributed by atoms with Crippen LogP contribution in [-0.2, 0) is 11.2 Å². The highest BCUT2D eigenvalue weighted by Crippen LogP contribution is 2.14. The zero-order chi connectivity index (χ0) is 14.1. The fraction of sp³-hybridized carbons (Fsp3) is 0.562. The van der Waals surface area contributed by atoms with Crippen molar-refractivity contribution in [3.63, 3.8) is 0 Å². The van der Waals surface area contributed by atoms with Crippen LogP contribution in [0.2, 0.25) is 0 Å². The molecule has 114 valence electrons. The first-order valence-corrected chi connectivity index (χ1v) is 7.21. The van der Waals surface area contributed by atoms with Crippen molar-refractivity contribution < 1.29 is 4.79 Å². The summed E-state index contributed by atoms with van der Waals surface area (Å²) in [6.07, 6.45) is 4.15. The van der Waals surface area contributed by atoms with Crippen molar-refractivity contribution in [3.8, 4) is 0 Å². The van der Waals surface area contributed by atoms with E-state index >= 15 is 0 Å². The second kappa shape index (κ2) is 9.78. The van der Waals surface area contributed by atoms with Crippen LogP contribution in [0.3, 0.4) is 0 Å². The van der Waals surface area contributed by atoms with E-state index in [0.29, 0.717) is 13.0 Å². The molecule has 0 unspecified atom stereocenters. The van der Waals surface area contributed by atoms with E-state index in [1.54, 1.807) is 0 Å². The maximum atomic E-state index is 12.0. The summed E-state index contributed by atoms with van der Waals surface area (Å²) in [6.45, 7) is 4.64. The minimum absolute atomic E-state index is 0. The molecule has 3 nitrogen and oxygen atoms in total. The molecule has 0 heterocycles. The lowest BCUT2D eigenvalue weighted by atomic mass is 9.92. The van der Waals surface area contributed by atoms with Crippen molar-refractivity contribution in [1.29, 1.82) is 0 Å². The van der Waals surface area contributed by atoms with Gasteiger partial charge in [0.05, 0.1) is 5.54 Å². The van der Waals surface area contributed by atoms with Crippen LogP contribution in [0.1, 0.15) is 45.1 Å². The number of carbonyl (C=O) groups is 1. The molecule has 0 radical (unpaired) electrons. The first-order valence-electron chi connectivity index (χ1n) is 7.21. The van der Waals surface area contributed by atoms with Gasteiger partial charge in [0.15, 0.2) is 0 Å². The summed E-state index contributed by atoms with van der Waals surface area (Å²) in [5.41, 5.74) is 6.85. The zero-order valence-electron chi connectivity index (χ0n) is 12.5. The average molecular weight is 299 g/mol. The number of halogens is 1. The molecular weight excluding hydrogens is 272 g/mol. The zero-order valence-corrected chi connectivity index (χ0v) is 13.3. The standard InChI is InChI=1S/C16H26N2O.ClH/c1-3-16(4-2,13-17)18-15(19)12-8-11-14-9-6-5-7-10-14;/h5-7,9-10H,3-4,8,11-13,17H2,1-2H3,(H,18,19);1H. The molecule has 0 saturated carbocycles. The van der Waals surface area contributed by atoms with Gasteiger partial charge in [-0.1, -0.05) is 44.2 Å². The molecule has 20 heavy (non-hydrogen) atoms. The number of benzene rings is 1. The maximum absolute atomic E-state index is 12.0. The Bertz CT molecular complexity index is 369. The third-order valence-electron chi connectivity index (χ3n) is 3.86. The SMILES string of the molecule is CCC(CC)(CN)NC(=O)CCCc1ccccc1.Cl. The van der Waals surface area contributed by atoms with Crippen LogP contribution < -0.4 is 11.1 Å². The van der Waals surface area contributed by atoms with Crippen LogP contribution in [-0.4, -0.2) is 18.0 Å². The first kappa shape index (κ1) is 18.9. The van der Waals surface area contributed by atoms with Gasteiger partial charge >= 0.3 is 0 Å². The number of carbonyl (C=O) groups excluding carboxylic acids is 1. The topological polar surface area (TPSA) is 55.1 Å². The molecule has 1 rings (SSSR count). The fourth-order valence-electron chi connectivity index (χ4n) is 2.22. The van der Waals surface area contributed by atoms with Gasteiger partial charge in [-0.2, -0.15) is 0 Å². The van der Waals surface area contributed by atoms with Crippen LogP contribution in [0.4, 0.5) is 0 Å².